The van der Waals surface area contributed by atoms with Crippen LogP contribution in [0.5, 0.6) is 0 Å². The minimum absolute atomic E-state index is 0.175. The highest BCUT2D eigenvalue weighted by Crippen LogP contribution is 2.28. The maximum absolute atomic E-state index is 10.1. The first kappa shape index (κ1) is 17.2. The molecule has 3 unspecified atom stereocenters. The third-order valence-corrected chi connectivity index (χ3v) is 5.44. The molecular formula is C18H36N2O. The van der Waals surface area contributed by atoms with Crippen LogP contribution in [0.25, 0.3) is 0 Å². The molecule has 21 heavy (non-hydrogen) atoms. The van der Waals surface area contributed by atoms with Gasteiger partial charge in [0.15, 0.2) is 0 Å². The van der Waals surface area contributed by atoms with Crippen molar-refractivity contribution < 1.29 is 5.11 Å². The van der Waals surface area contributed by atoms with Crippen molar-refractivity contribution in [1.82, 2.24) is 10.2 Å². The van der Waals surface area contributed by atoms with E-state index in [1.807, 2.05) is 6.92 Å². The second kappa shape index (κ2) is 8.50. The summed E-state index contributed by atoms with van der Waals surface area (Å²) in [6.45, 7) is 9.95. The molecule has 0 aromatic carbocycles. The predicted molar refractivity (Wildman–Crippen MR) is 89.5 cm³/mol. The van der Waals surface area contributed by atoms with Crippen molar-refractivity contribution in [3.8, 4) is 0 Å². The molecule has 0 aromatic heterocycles. The number of hydrogen-bond donors (Lipinski definition) is 2. The van der Waals surface area contributed by atoms with Gasteiger partial charge in [-0.15, -0.1) is 0 Å². The van der Waals surface area contributed by atoms with Gasteiger partial charge in [-0.3, -0.25) is 4.90 Å². The third kappa shape index (κ3) is 5.54. The molecular weight excluding hydrogens is 260 g/mol. The molecule has 2 N–H and O–H groups in total. The molecule has 0 amide bonds. The lowest BCUT2D eigenvalue weighted by atomic mass is 9.86. The Morgan fingerprint density at radius 2 is 1.81 bits per heavy atom. The second-order valence-electron chi connectivity index (χ2n) is 7.82. The molecule has 1 saturated carbocycles. The van der Waals surface area contributed by atoms with Gasteiger partial charge in [0.1, 0.15) is 0 Å². The number of piperidine rings is 1. The van der Waals surface area contributed by atoms with E-state index in [1.165, 1.54) is 45.1 Å². The van der Waals surface area contributed by atoms with Crippen LogP contribution in [0.15, 0.2) is 0 Å². The van der Waals surface area contributed by atoms with Crippen LogP contribution in [-0.2, 0) is 0 Å². The Labute approximate surface area is 131 Å². The molecule has 0 spiro atoms. The summed E-state index contributed by atoms with van der Waals surface area (Å²) in [6, 6.07) is 1.34. The van der Waals surface area contributed by atoms with Crippen molar-refractivity contribution in [3.63, 3.8) is 0 Å². The first-order valence-corrected chi connectivity index (χ1v) is 9.21. The highest BCUT2D eigenvalue weighted by Gasteiger charge is 2.33. The van der Waals surface area contributed by atoms with E-state index >= 15 is 0 Å². The fourth-order valence-corrected chi connectivity index (χ4v) is 3.99. The zero-order chi connectivity index (χ0) is 15.2. The summed E-state index contributed by atoms with van der Waals surface area (Å²) in [5.41, 5.74) is 0. The Bertz CT molecular complexity index is 287. The normalized spacial score (nSPS) is 30.7. The number of likely N-dealkylation sites (tertiary alicyclic amines) is 1. The fourth-order valence-electron chi connectivity index (χ4n) is 3.99. The van der Waals surface area contributed by atoms with Crippen LogP contribution in [0, 0.1) is 11.8 Å². The summed E-state index contributed by atoms with van der Waals surface area (Å²) in [5.74, 6) is 1.21. The highest BCUT2D eigenvalue weighted by atomic mass is 16.3. The number of hydrogen-bond acceptors (Lipinski definition) is 3. The zero-order valence-corrected chi connectivity index (χ0v) is 14.4. The summed E-state index contributed by atoms with van der Waals surface area (Å²) in [7, 11) is 0. The molecule has 3 heteroatoms. The highest BCUT2D eigenvalue weighted by molar-refractivity contribution is 4.89. The van der Waals surface area contributed by atoms with E-state index in [1.54, 1.807) is 0 Å². The minimum Gasteiger partial charge on any atom is -0.393 e. The Balaban J connectivity index is 1.88. The SMILES string of the molecule is CC(C)CCNC1CC(C(C)O)CN(C2CCCCC2)C1. The molecule has 1 aliphatic heterocycles. The lowest BCUT2D eigenvalue weighted by molar-refractivity contribution is 0.0207. The van der Waals surface area contributed by atoms with E-state index in [-0.39, 0.29) is 6.10 Å². The van der Waals surface area contributed by atoms with Gasteiger partial charge < -0.3 is 10.4 Å². The maximum atomic E-state index is 10.1. The summed E-state index contributed by atoms with van der Waals surface area (Å²) in [4.78, 5) is 2.69. The topological polar surface area (TPSA) is 35.5 Å². The van der Waals surface area contributed by atoms with Crippen molar-refractivity contribution in [1.29, 1.82) is 0 Å². The molecule has 2 rings (SSSR count). The lowest BCUT2D eigenvalue weighted by Gasteiger charge is -2.44. The average Bonchev–Trinajstić information content (AvgIpc) is 2.47. The van der Waals surface area contributed by atoms with Crippen LogP contribution in [0.2, 0.25) is 0 Å². The summed E-state index contributed by atoms with van der Waals surface area (Å²) in [6.07, 6.45) is 9.15. The van der Waals surface area contributed by atoms with Crippen molar-refractivity contribution in [2.45, 2.75) is 83.9 Å². The molecule has 1 heterocycles. The van der Waals surface area contributed by atoms with E-state index in [0.29, 0.717) is 12.0 Å². The Morgan fingerprint density at radius 1 is 1.10 bits per heavy atom. The van der Waals surface area contributed by atoms with Gasteiger partial charge in [0, 0.05) is 25.2 Å². The van der Waals surface area contributed by atoms with Crippen LogP contribution in [-0.4, -0.2) is 47.8 Å². The van der Waals surface area contributed by atoms with Crippen LogP contribution >= 0.6 is 0 Å². The second-order valence-corrected chi connectivity index (χ2v) is 7.82. The Morgan fingerprint density at radius 3 is 2.43 bits per heavy atom. The van der Waals surface area contributed by atoms with Gasteiger partial charge in [0.25, 0.3) is 0 Å². The Kier molecular flexibility index (Phi) is 6.97. The van der Waals surface area contributed by atoms with Crippen LogP contribution in [0.3, 0.4) is 0 Å². The molecule has 0 bridgehead atoms. The average molecular weight is 296 g/mol. The number of nitrogens with zero attached hydrogens (tertiary/aromatic N) is 1. The minimum atomic E-state index is -0.175. The molecule has 1 aliphatic carbocycles. The quantitative estimate of drug-likeness (QED) is 0.791. The van der Waals surface area contributed by atoms with E-state index in [9.17, 15) is 5.11 Å². The monoisotopic (exact) mass is 296 g/mol. The maximum Gasteiger partial charge on any atom is 0.0553 e. The number of nitrogens with one attached hydrogen (secondary N) is 1. The number of rotatable bonds is 6. The summed E-state index contributed by atoms with van der Waals surface area (Å²) in [5, 5.41) is 13.8. The van der Waals surface area contributed by atoms with Crippen LogP contribution < -0.4 is 5.32 Å². The lowest BCUT2D eigenvalue weighted by Crippen LogP contribution is -2.54. The largest absolute Gasteiger partial charge is 0.393 e. The van der Waals surface area contributed by atoms with Gasteiger partial charge in [-0.25, -0.2) is 0 Å². The van der Waals surface area contributed by atoms with E-state index in [2.05, 4.69) is 24.1 Å². The predicted octanol–water partition coefficient (Wildman–Crippen LogP) is 3.03. The first-order valence-electron chi connectivity index (χ1n) is 9.21. The van der Waals surface area contributed by atoms with Gasteiger partial charge in [0.05, 0.1) is 6.10 Å². The van der Waals surface area contributed by atoms with Crippen molar-refractivity contribution in [2.24, 2.45) is 11.8 Å². The standard InChI is InChI=1S/C18H36N2O/c1-14(2)9-10-19-17-11-16(15(3)21)12-20(13-17)18-7-5-4-6-8-18/h14-19,21H,4-13H2,1-3H3. The fraction of sp³-hybridized carbons (Fsp3) is 1.00. The Hall–Kier alpha value is -0.120. The van der Waals surface area contributed by atoms with Gasteiger partial charge in [-0.1, -0.05) is 33.1 Å². The molecule has 0 radical (unpaired) electrons. The molecule has 2 aliphatic rings. The summed E-state index contributed by atoms with van der Waals surface area (Å²) < 4.78 is 0. The van der Waals surface area contributed by atoms with Gasteiger partial charge >= 0.3 is 0 Å². The van der Waals surface area contributed by atoms with Crippen LogP contribution in [0.4, 0.5) is 0 Å². The summed E-state index contributed by atoms with van der Waals surface area (Å²) >= 11 is 0. The number of aliphatic hydroxyl groups excluding tert-OH is 1. The van der Waals surface area contributed by atoms with Gasteiger partial charge in [0.2, 0.25) is 0 Å². The van der Waals surface area contributed by atoms with Crippen molar-refractivity contribution in [2.75, 3.05) is 19.6 Å². The molecule has 0 aromatic rings. The zero-order valence-electron chi connectivity index (χ0n) is 14.4. The molecule has 3 atom stereocenters. The third-order valence-electron chi connectivity index (χ3n) is 5.44. The molecule has 1 saturated heterocycles. The van der Waals surface area contributed by atoms with Gasteiger partial charge in [-0.2, -0.15) is 0 Å². The van der Waals surface area contributed by atoms with Gasteiger partial charge in [-0.05, 0) is 51.0 Å². The molecule has 2 fully saturated rings. The first-order chi connectivity index (χ1) is 10.1. The van der Waals surface area contributed by atoms with Crippen LogP contribution in [0.1, 0.15) is 65.7 Å². The smallest absolute Gasteiger partial charge is 0.0553 e. The van der Waals surface area contributed by atoms with Crippen molar-refractivity contribution >= 4 is 0 Å². The van der Waals surface area contributed by atoms with E-state index in [0.717, 1.165) is 31.5 Å². The van der Waals surface area contributed by atoms with Crippen molar-refractivity contribution in [3.05, 3.63) is 0 Å². The number of aliphatic hydroxyl groups is 1. The molecule has 3 nitrogen and oxygen atoms in total. The van der Waals surface area contributed by atoms with E-state index < -0.39 is 0 Å². The van der Waals surface area contributed by atoms with E-state index in [4.69, 9.17) is 0 Å². The molecule has 124 valence electrons.